The zero-order chi connectivity index (χ0) is 19.4. The molecule has 27 heavy (non-hydrogen) atoms. The van der Waals surface area contributed by atoms with E-state index in [9.17, 15) is 9.59 Å². The summed E-state index contributed by atoms with van der Waals surface area (Å²) < 4.78 is 12.7. The van der Waals surface area contributed by atoms with Crippen molar-refractivity contribution >= 4 is 17.3 Å². The highest BCUT2D eigenvalue weighted by atomic mass is 16.5. The number of hydrogen-bond donors (Lipinski definition) is 0. The summed E-state index contributed by atoms with van der Waals surface area (Å²) in [6.07, 6.45) is 3.28. The van der Waals surface area contributed by atoms with Gasteiger partial charge >= 0.3 is 5.97 Å². The third-order valence-corrected chi connectivity index (χ3v) is 4.62. The molecule has 5 heteroatoms. The van der Waals surface area contributed by atoms with Crippen molar-refractivity contribution in [3.63, 3.8) is 0 Å². The van der Waals surface area contributed by atoms with E-state index in [0.717, 1.165) is 22.2 Å². The van der Waals surface area contributed by atoms with Gasteiger partial charge in [0.15, 0.2) is 0 Å². The summed E-state index contributed by atoms with van der Waals surface area (Å²) >= 11 is 0. The number of hydrogen-bond acceptors (Lipinski definition) is 4. The van der Waals surface area contributed by atoms with Gasteiger partial charge in [-0.25, -0.2) is 4.79 Å². The Labute approximate surface area is 158 Å². The summed E-state index contributed by atoms with van der Waals surface area (Å²) in [6.45, 7) is 3.66. The molecule has 1 aromatic carbocycles. The maximum Gasteiger partial charge on any atom is 0.381 e. The highest BCUT2D eigenvalue weighted by Crippen LogP contribution is 2.34. The normalized spacial score (nSPS) is 10.8. The van der Waals surface area contributed by atoms with E-state index >= 15 is 0 Å². The molecule has 0 spiro atoms. The average molecular weight is 365 g/mol. The van der Waals surface area contributed by atoms with Crippen molar-refractivity contribution in [1.29, 1.82) is 0 Å². The maximum absolute atomic E-state index is 12.2. The lowest BCUT2D eigenvalue weighted by atomic mass is 10.0. The predicted octanol–water partition coefficient (Wildman–Crippen LogP) is 3.99. The van der Waals surface area contributed by atoms with E-state index in [2.05, 4.69) is 12.1 Å². The molecule has 0 aliphatic carbocycles. The number of Topliss-reactive ketones (excluding diaryl/α,β-unsaturated/α-hetero) is 1. The first-order chi connectivity index (χ1) is 13.1. The van der Waals surface area contributed by atoms with Gasteiger partial charge < -0.3 is 9.47 Å². The molecule has 0 aliphatic rings. The zero-order valence-corrected chi connectivity index (χ0v) is 15.8. The van der Waals surface area contributed by atoms with Crippen LogP contribution in [0.5, 0.6) is 11.6 Å². The van der Waals surface area contributed by atoms with Gasteiger partial charge in [-0.2, -0.15) is 0 Å². The molecular weight excluding hydrogens is 342 g/mol. The van der Waals surface area contributed by atoms with Crippen LogP contribution in [0.3, 0.4) is 0 Å². The Hall–Kier alpha value is -3.08. The van der Waals surface area contributed by atoms with Crippen molar-refractivity contribution in [2.45, 2.75) is 33.1 Å². The minimum atomic E-state index is -0.833. The highest BCUT2D eigenvalue weighted by Gasteiger charge is 2.23. The summed E-state index contributed by atoms with van der Waals surface area (Å²) in [6, 6.07) is 14.0. The van der Waals surface area contributed by atoms with E-state index in [-0.39, 0.29) is 6.42 Å². The first kappa shape index (κ1) is 18.7. The molecule has 0 fully saturated rings. The molecule has 0 radical (unpaired) electrons. The Morgan fingerprint density at radius 2 is 1.74 bits per heavy atom. The van der Waals surface area contributed by atoms with Crippen LogP contribution in [0.4, 0.5) is 0 Å². The number of fused-ring (bicyclic) bond motifs is 1. The Bertz CT molecular complexity index is 973. The lowest BCUT2D eigenvalue weighted by Gasteiger charge is -2.07. The van der Waals surface area contributed by atoms with Crippen LogP contribution >= 0.6 is 0 Å². The van der Waals surface area contributed by atoms with Crippen LogP contribution in [-0.2, 0) is 22.4 Å². The fourth-order valence-electron chi connectivity index (χ4n) is 3.21. The van der Waals surface area contributed by atoms with E-state index in [1.165, 1.54) is 0 Å². The SMILES string of the molecule is CCC(=O)C(=O)Oc1c(CC)c(Cc2ccccc2)c2ccc(OC)cn12. The fourth-order valence-corrected chi connectivity index (χ4v) is 3.21. The topological polar surface area (TPSA) is 57.0 Å². The Morgan fingerprint density at radius 1 is 1.00 bits per heavy atom. The minimum absolute atomic E-state index is 0.115. The Balaban J connectivity index is 2.16. The van der Waals surface area contributed by atoms with Crippen LogP contribution in [0.1, 0.15) is 37.0 Å². The van der Waals surface area contributed by atoms with E-state index in [1.54, 1.807) is 24.6 Å². The number of rotatable bonds is 7. The van der Waals surface area contributed by atoms with Gasteiger partial charge in [-0.3, -0.25) is 9.20 Å². The lowest BCUT2D eigenvalue weighted by molar-refractivity contribution is -0.147. The Morgan fingerprint density at radius 3 is 2.37 bits per heavy atom. The third kappa shape index (κ3) is 3.72. The number of carbonyl (C=O) groups is 2. The summed E-state index contributed by atoms with van der Waals surface area (Å²) in [4.78, 5) is 23.9. The molecular formula is C22H23NO4. The van der Waals surface area contributed by atoms with Crippen molar-refractivity contribution in [2.24, 2.45) is 0 Å². The smallest absolute Gasteiger partial charge is 0.381 e. The quantitative estimate of drug-likeness (QED) is 0.469. The molecule has 2 aromatic heterocycles. The van der Waals surface area contributed by atoms with Crippen LogP contribution in [-0.4, -0.2) is 23.3 Å². The molecule has 0 amide bonds. The first-order valence-electron chi connectivity index (χ1n) is 9.07. The molecule has 0 aliphatic heterocycles. The number of methoxy groups -OCH3 is 1. The lowest BCUT2D eigenvalue weighted by Crippen LogP contribution is -2.20. The molecule has 0 atom stereocenters. The molecule has 2 heterocycles. The van der Waals surface area contributed by atoms with Crippen LogP contribution in [0.15, 0.2) is 48.7 Å². The van der Waals surface area contributed by atoms with Crippen molar-refractivity contribution in [3.05, 3.63) is 65.4 Å². The number of nitrogens with zero attached hydrogens (tertiary/aromatic N) is 1. The number of aromatic nitrogens is 1. The van der Waals surface area contributed by atoms with Gasteiger partial charge in [0.25, 0.3) is 0 Å². The summed E-state index contributed by atoms with van der Waals surface area (Å²) in [5.74, 6) is -0.338. The fraction of sp³-hybridized carbons (Fsp3) is 0.273. The molecule has 0 saturated heterocycles. The first-order valence-corrected chi connectivity index (χ1v) is 9.07. The largest absolute Gasteiger partial charge is 0.495 e. The van der Waals surface area contributed by atoms with E-state index in [0.29, 0.717) is 24.5 Å². The number of ether oxygens (including phenoxy) is 2. The van der Waals surface area contributed by atoms with E-state index in [4.69, 9.17) is 9.47 Å². The van der Waals surface area contributed by atoms with Crippen molar-refractivity contribution in [2.75, 3.05) is 7.11 Å². The van der Waals surface area contributed by atoms with E-state index in [1.807, 2.05) is 37.3 Å². The zero-order valence-electron chi connectivity index (χ0n) is 15.8. The van der Waals surface area contributed by atoms with Gasteiger partial charge in [0.05, 0.1) is 18.8 Å². The van der Waals surface area contributed by atoms with Crippen LogP contribution in [0, 0.1) is 0 Å². The number of ketones is 1. The molecule has 0 saturated carbocycles. The standard InChI is InChI=1S/C22H23NO4/c1-4-17-18(13-15-9-7-6-8-10-15)19-12-11-16(26-3)14-23(19)21(17)27-22(25)20(24)5-2/h6-12,14H,4-5,13H2,1-3H3. The second-order valence-corrected chi connectivity index (χ2v) is 6.27. The molecule has 0 N–H and O–H groups in total. The Kier molecular flexibility index (Phi) is 5.60. The summed E-state index contributed by atoms with van der Waals surface area (Å²) in [5.41, 5.74) is 4.10. The molecule has 0 unspecified atom stereocenters. The van der Waals surface area contributed by atoms with Gasteiger partial charge in [0.1, 0.15) is 5.75 Å². The van der Waals surface area contributed by atoms with Gasteiger partial charge in [-0.15, -0.1) is 0 Å². The number of benzene rings is 1. The molecule has 140 valence electrons. The predicted molar refractivity (Wildman–Crippen MR) is 104 cm³/mol. The second-order valence-electron chi connectivity index (χ2n) is 6.27. The average Bonchev–Trinajstić information content (AvgIpc) is 2.99. The molecule has 3 rings (SSSR count). The summed E-state index contributed by atoms with van der Waals surface area (Å²) in [5, 5.41) is 0. The van der Waals surface area contributed by atoms with Gasteiger partial charge in [-0.05, 0) is 36.1 Å². The molecule has 5 nitrogen and oxygen atoms in total. The van der Waals surface area contributed by atoms with Crippen molar-refractivity contribution in [1.82, 2.24) is 4.40 Å². The highest BCUT2D eigenvalue weighted by molar-refractivity contribution is 6.34. The van der Waals surface area contributed by atoms with Crippen LogP contribution in [0.25, 0.3) is 5.52 Å². The second kappa shape index (κ2) is 8.08. The number of esters is 1. The van der Waals surface area contributed by atoms with Gasteiger partial charge in [0.2, 0.25) is 11.7 Å². The minimum Gasteiger partial charge on any atom is -0.495 e. The molecule has 0 bridgehead atoms. The van der Waals surface area contributed by atoms with Crippen molar-refractivity contribution < 1.29 is 19.1 Å². The van der Waals surface area contributed by atoms with Gasteiger partial charge in [-0.1, -0.05) is 44.2 Å². The number of carbonyl (C=O) groups excluding carboxylic acids is 2. The van der Waals surface area contributed by atoms with Crippen molar-refractivity contribution in [3.8, 4) is 11.6 Å². The van der Waals surface area contributed by atoms with Crippen LogP contribution in [0.2, 0.25) is 0 Å². The molecule has 3 aromatic rings. The summed E-state index contributed by atoms with van der Waals surface area (Å²) in [7, 11) is 1.59. The third-order valence-electron chi connectivity index (χ3n) is 4.62. The monoisotopic (exact) mass is 365 g/mol. The van der Waals surface area contributed by atoms with Crippen LogP contribution < -0.4 is 9.47 Å². The maximum atomic E-state index is 12.2. The van der Waals surface area contributed by atoms with Gasteiger partial charge in [0, 0.05) is 12.0 Å². The van der Waals surface area contributed by atoms with E-state index < -0.39 is 11.8 Å². The number of pyridine rings is 1.